The second-order valence-electron chi connectivity index (χ2n) is 6.08. The third-order valence-electron chi connectivity index (χ3n) is 4.28. The first kappa shape index (κ1) is 18.2. The highest BCUT2D eigenvalue weighted by atomic mass is 127. The maximum atomic E-state index is 12.6. The molecule has 3 rings (SSSR count). The summed E-state index contributed by atoms with van der Waals surface area (Å²) < 4.78 is 0.799. The van der Waals surface area contributed by atoms with Gasteiger partial charge < -0.3 is 10.6 Å². The summed E-state index contributed by atoms with van der Waals surface area (Å²) in [5.74, 6) is -0.434. The van der Waals surface area contributed by atoms with Gasteiger partial charge in [-0.25, -0.2) is 0 Å². The number of carbonyl (C=O) groups is 2. The van der Waals surface area contributed by atoms with Crippen LogP contribution in [0.4, 0.5) is 5.69 Å². The first-order valence-electron chi connectivity index (χ1n) is 8.21. The number of carbonyl (C=O) groups excluding carboxylic acids is 2. The molecule has 2 aromatic rings. The Hall–Kier alpha value is -1.60. The zero-order valence-corrected chi connectivity index (χ0v) is 16.4. The molecule has 0 aliphatic heterocycles. The van der Waals surface area contributed by atoms with E-state index in [0.29, 0.717) is 21.8 Å². The van der Waals surface area contributed by atoms with Crippen LogP contribution in [0.25, 0.3) is 0 Å². The van der Waals surface area contributed by atoms with E-state index in [4.69, 9.17) is 11.6 Å². The van der Waals surface area contributed by atoms with Crippen LogP contribution in [0.5, 0.6) is 0 Å². The van der Waals surface area contributed by atoms with Crippen molar-refractivity contribution in [2.24, 2.45) is 0 Å². The van der Waals surface area contributed by atoms with Gasteiger partial charge in [0.15, 0.2) is 0 Å². The summed E-state index contributed by atoms with van der Waals surface area (Å²) in [5, 5.41) is 6.39. The Morgan fingerprint density at radius 1 is 1.00 bits per heavy atom. The lowest BCUT2D eigenvalue weighted by Crippen LogP contribution is -2.33. The number of anilines is 1. The van der Waals surface area contributed by atoms with Gasteiger partial charge in [-0.15, -0.1) is 0 Å². The van der Waals surface area contributed by atoms with Crippen LogP contribution < -0.4 is 10.6 Å². The molecule has 1 aliphatic carbocycles. The fraction of sp³-hybridized carbons (Fsp3) is 0.263. The monoisotopic (exact) mass is 468 g/mol. The normalized spacial score (nSPS) is 14.3. The molecule has 0 aromatic heterocycles. The topological polar surface area (TPSA) is 58.2 Å². The van der Waals surface area contributed by atoms with Crippen molar-refractivity contribution in [3.63, 3.8) is 0 Å². The van der Waals surface area contributed by atoms with Crippen molar-refractivity contribution in [1.82, 2.24) is 5.32 Å². The molecule has 0 spiro atoms. The Kier molecular flexibility index (Phi) is 5.96. The van der Waals surface area contributed by atoms with E-state index in [1.807, 2.05) is 0 Å². The lowest BCUT2D eigenvalue weighted by Gasteiger charge is -2.15. The summed E-state index contributed by atoms with van der Waals surface area (Å²) in [5.41, 5.74) is 1.46. The molecule has 0 saturated heterocycles. The number of halogens is 2. The lowest BCUT2D eigenvalue weighted by atomic mass is 10.1. The van der Waals surface area contributed by atoms with Crippen molar-refractivity contribution < 1.29 is 9.59 Å². The average Bonchev–Trinajstić information content (AvgIpc) is 3.10. The van der Waals surface area contributed by atoms with Gasteiger partial charge in [-0.05, 0) is 65.8 Å². The molecule has 0 unspecified atom stereocenters. The van der Waals surface area contributed by atoms with Gasteiger partial charge in [0.25, 0.3) is 11.8 Å². The third-order valence-corrected chi connectivity index (χ3v) is 5.46. The molecule has 1 saturated carbocycles. The maximum Gasteiger partial charge on any atom is 0.256 e. The van der Waals surface area contributed by atoms with Crippen molar-refractivity contribution in [2.75, 3.05) is 5.32 Å². The van der Waals surface area contributed by atoms with Crippen molar-refractivity contribution in [1.29, 1.82) is 0 Å². The van der Waals surface area contributed by atoms with E-state index < -0.39 is 0 Å². The standard InChI is InChI=1S/C19H18ClIN2O2/c20-12-9-10-16(21)15(11-12)19(25)23-17-8-4-3-7-14(17)18(24)22-13-5-1-2-6-13/h3-4,7-11,13H,1-2,5-6H2,(H,22,24)(H,23,25). The van der Waals surface area contributed by atoms with Crippen LogP contribution >= 0.6 is 34.2 Å². The highest BCUT2D eigenvalue weighted by Crippen LogP contribution is 2.22. The minimum absolute atomic E-state index is 0.149. The van der Waals surface area contributed by atoms with Crippen molar-refractivity contribution in [3.8, 4) is 0 Å². The van der Waals surface area contributed by atoms with Crippen LogP contribution in [0.2, 0.25) is 5.02 Å². The largest absolute Gasteiger partial charge is 0.349 e. The molecular weight excluding hydrogens is 451 g/mol. The van der Waals surface area contributed by atoms with Crippen LogP contribution in [0.15, 0.2) is 42.5 Å². The summed E-state index contributed by atoms with van der Waals surface area (Å²) in [6.07, 6.45) is 4.33. The smallest absolute Gasteiger partial charge is 0.256 e. The molecule has 4 nitrogen and oxygen atoms in total. The molecule has 0 heterocycles. The number of benzene rings is 2. The van der Waals surface area contributed by atoms with Gasteiger partial charge in [0.05, 0.1) is 16.8 Å². The zero-order chi connectivity index (χ0) is 17.8. The second kappa shape index (κ2) is 8.19. The molecule has 2 N–H and O–H groups in total. The van der Waals surface area contributed by atoms with Crippen molar-refractivity contribution in [3.05, 3.63) is 62.2 Å². The fourth-order valence-electron chi connectivity index (χ4n) is 2.98. The van der Waals surface area contributed by atoms with E-state index in [9.17, 15) is 9.59 Å². The minimum atomic E-state index is -0.284. The molecule has 6 heteroatoms. The molecule has 25 heavy (non-hydrogen) atoms. The van der Waals surface area contributed by atoms with Crippen LogP contribution in [-0.4, -0.2) is 17.9 Å². The van der Waals surface area contributed by atoms with E-state index in [2.05, 4.69) is 33.2 Å². The van der Waals surface area contributed by atoms with Gasteiger partial charge in [0, 0.05) is 14.6 Å². The van der Waals surface area contributed by atoms with Crippen LogP contribution in [0.3, 0.4) is 0 Å². The van der Waals surface area contributed by atoms with Crippen LogP contribution in [0, 0.1) is 3.57 Å². The van der Waals surface area contributed by atoms with E-state index in [1.54, 1.807) is 42.5 Å². The summed E-state index contributed by atoms with van der Waals surface area (Å²) >= 11 is 8.08. The molecular formula is C19H18ClIN2O2. The first-order valence-corrected chi connectivity index (χ1v) is 9.66. The van der Waals surface area contributed by atoms with E-state index in [1.165, 1.54) is 0 Å². The van der Waals surface area contributed by atoms with Crippen molar-refractivity contribution >= 4 is 51.7 Å². The molecule has 1 fully saturated rings. The molecule has 130 valence electrons. The van der Waals surface area contributed by atoms with Gasteiger partial charge in [0.2, 0.25) is 0 Å². The maximum absolute atomic E-state index is 12.6. The quantitative estimate of drug-likeness (QED) is 0.629. The van der Waals surface area contributed by atoms with Gasteiger partial charge in [-0.1, -0.05) is 36.6 Å². The van der Waals surface area contributed by atoms with Crippen LogP contribution in [0.1, 0.15) is 46.4 Å². The van der Waals surface area contributed by atoms with Crippen LogP contribution in [-0.2, 0) is 0 Å². The summed E-state index contributed by atoms with van der Waals surface area (Å²) in [6.45, 7) is 0. The molecule has 1 aliphatic rings. The highest BCUT2D eigenvalue weighted by molar-refractivity contribution is 14.1. The third kappa shape index (κ3) is 4.52. The molecule has 2 amide bonds. The van der Waals surface area contributed by atoms with E-state index in [0.717, 1.165) is 29.3 Å². The van der Waals surface area contributed by atoms with Gasteiger partial charge >= 0.3 is 0 Å². The Labute approximate surface area is 165 Å². The minimum Gasteiger partial charge on any atom is -0.349 e. The molecule has 0 radical (unpaired) electrons. The summed E-state index contributed by atoms with van der Waals surface area (Å²) in [4.78, 5) is 25.2. The molecule has 0 atom stereocenters. The first-order chi connectivity index (χ1) is 12.0. The zero-order valence-electron chi connectivity index (χ0n) is 13.5. The summed E-state index contributed by atoms with van der Waals surface area (Å²) in [7, 11) is 0. The number of hydrogen-bond acceptors (Lipinski definition) is 2. The number of rotatable bonds is 4. The van der Waals surface area contributed by atoms with E-state index in [-0.39, 0.29) is 17.9 Å². The highest BCUT2D eigenvalue weighted by Gasteiger charge is 2.20. The number of amides is 2. The predicted octanol–water partition coefficient (Wildman–Crippen LogP) is 4.87. The Balaban J connectivity index is 1.79. The van der Waals surface area contributed by atoms with Gasteiger partial charge in [0.1, 0.15) is 0 Å². The SMILES string of the molecule is O=C(Nc1ccccc1C(=O)NC1CCCC1)c1cc(Cl)ccc1I. The van der Waals surface area contributed by atoms with E-state index >= 15 is 0 Å². The number of para-hydroxylation sites is 1. The van der Waals surface area contributed by atoms with Gasteiger partial charge in [-0.2, -0.15) is 0 Å². The molecule has 0 bridgehead atoms. The number of hydrogen-bond donors (Lipinski definition) is 2. The van der Waals surface area contributed by atoms with Crippen molar-refractivity contribution in [2.45, 2.75) is 31.7 Å². The Morgan fingerprint density at radius 2 is 1.72 bits per heavy atom. The average molecular weight is 469 g/mol. The lowest BCUT2D eigenvalue weighted by molar-refractivity contribution is 0.0939. The second-order valence-corrected chi connectivity index (χ2v) is 7.68. The predicted molar refractivity (Wildman–Crippen MR) is 108 cm³/mol. The number of nitrogens with one attached hydrogen (secondary N) is 2. The Bertz CT molecular complexity index is 804. The fourth-order valence-corrected chi connectivity index (χ4v) is 3.74. The molecule has 2 aromatic carbocycles. The summed E-state index contributed by atoms with van der Waals surface area (Å²) in [6, 6.07) is 12.4. The Morgan fingerprint density at radius 3 is 2.48 bits per heavy atom. The van der Waals surface area contributed by atoms with Gasteiger partial charge in [-0.3, -0.25) is 9.59 Å².